The van der Waals surface area contributed by atoms with Crippen LogP contribution in [0.4, 0.5) is 5.82 Å². The van der Waals surface area contributed by atoms with Gasteiger partial charge in [-0.2, -0.15) is 0 Å². The quantitative estimate of drug-likeness (QED) is 0.795. The van der Waals surface area contributed by atoms with E-state index in [2.05, 4.69) is 35.6 Å². The summed E-state index contributed by atoms with van der Waals surface area (Å²) < 4.78 is 0. The van der Waals surface area contributed by atoms with Gasteiger partial charge in [0.2, 0.25) is 0 Å². The number of aliphatic hydroxyl groups is 1. The van der Waals surface area contributed by atoms with Crippen LogP contribution in [-0.2, 0) is 6.42 Å². The van der Waals surface area contributed by atoms with Gasteiger partial charge in [-0.15, -0.1) is 0 Å². The van der Waals surface area contributed by atoms with Crippen LogP contribution in [0.25, 0.3) is 0 Å². The molecule has 0 radical (unpaired) electrons. The Hall–Kier alpha value is -0.870. The smallest absolute Gasteiger partial charge is 0.137 e. The van der Waals surface area contributed by atoms with E-state index < -0.39 is 0 Å². The molecule has 96 valence electrons. The first-order valence-corrected chi connectivity index (χ1v) is 6.36. The van der Waals surface area contributed by atoms with Crippen molar-refractivity contribution in [3.63, 3.8) is 0 Å². The zero-order valence-corrected chi connectivity index (χ0v) is 11.4. The lowest BCUT2D eigenvalue weighted by Gasteiger charge is -2.29. The second-order valence-corrected chi connectivity index (χ2v) is 4.59. The van der Waals surface area contributed by atoms with E-state index in [1.165, 1.54) is 6.33 Å². The van der Waals surface area contributed by atoms with Gasteiger partial charge < -0.3 is 10.0 Å². The molecule has 0 saturated carbocycles. The third kappa shape index (κ3) is 3.54. The number of halogens is 1. The molecule has 0 amide bonds. The Morgan fingerprint density at radius 1 is 1.41 bits per heavy atom. The van der Waals surface area contributed by atoms with Crippen LogP contribution in [-0.4, -0.2) is 34.3 Å². The molecule has 0 aromatic carbocycles. The van der Waals surface area contributed by atoms with Crippen LogP contribution in [0.1, 0.15) is 32.8 Å². The molecule has 0 aliphatic carbocycles. The third-order valence-corrected chi connectivity index (χ3v) is 2.93. The summed E-state index contributed by atoms with van der Waals surface area (Å²) in [5.41, 5.74) is 0.971. The average Bonchev–Trinajstić information content (AvgIpc) is 2.29. The van der Waals surface area contributed by atoms with Gasteiger partial charge in [0.25, 0.3) is 0 Å². The molecule has 0 spiro atoms. The molecule has 1 aromatic heterocycles. The molecule has 0 bridgehead atoms. The van der Waals surface area contributed by atoms with Crippen LogP contribution in [0.5, 0.6) is 0 Å². The highest BCUT2D eigenvalue weighted by atomic mass is 35.5. The number of anilines is 1. The van der Waals surface area contributed by atoms with Gasteiger partial charge in [-0.3, -0.25) is 0 Å². The SMILES string of the molecule is CCCc1c(Cl)ncnc1N(CCO)C(C)C. The highest BCUT2D eigenvalue weighted by Crippen LogP contribution is 2.25. The largest absolute Gasteiger partial charge is 0.395 e. The second-order valence-electron chi connectivity index (χ2n) is 4.23. The first-order chi connectivity index (χ1) is 8.11. The summed E-state index contributed by atoms with van der Waals surface area (Å²) in [5, 5.41) is 9.63. The molecule has 0 saturated heterocycles. The van der Waals surface area contributed by atoms with Crippen molar-refractivity contribution >= 4 is 17.4 Å². The fraction of sp³-hybridized carbons (Fsp3) is 0.667. The molecule has 0 fully saturated rings. The molecule has 4 nitrogen and oxygen atoms in total. The molecule has 5 heteroatoms. The Labute approximate surface area is 108 Å². The highest BCUT2D eigenvalue weighted by Gasteiger charge is 2.17. The first kappa shape index (κ1) is 14.2. The molecule has 17 heavy (non-hydrogen) atoms. The molecule has 1 heterocycles. The summed E-state index contributed by atoms with van der Waals surface area (Å²) >= 11 is 6.12. The lowest BCUT2D eigenvalue weighted by molar-refractivity contribution is 0.298. The van der Waals surface area contributed by atoms with E-state index >= 15 is 0 Å². The maximum atomic E-state index is 9.12. The lowest BCUT2D eigenvalue weighted by atomic mass is 10.1. The van der Waals surface area contributed by atoms with E-state index in [1.54, 1.807) is 0 Å². The average molecular weight is 258 g/mol. The molecule has 1 aromatic rings. The second kappa shape index (κ2) is 6.77. The van der Waals surface area contributed by atoms with Gasteiger partial charge in [0.1, 0.15) is 17.3 Å². The molecule has 0 atom stereocenters. The van der Waals surface area contributed by atoms with Gasteiger partial charge in [-0.25, -0.2) is 9.97 Å². The van der Waals surface area contributed by atoms with Crippen molar-refractivity contribution in [3.8, 4) is 0 Å². The summed E-state index contributed by atoms with van der Waals surface area (Å²) in [6.07, 6.45) is 3.32. The van der Waals surface area contributed by atoms with Crippen molar-refractivity contribution in [2.24, 2.45) is 0 Å². The number of aromatic nitrogens is 2. The van der Waals surface area contributed by atoms with E-state index in [1.807, 2.05) is 0 Å². The predicted octanol–water partition coefficient (Wildman–Crippen LogP) is 2.29. The van der Waals surface area contributed by atoms with E-state index in [-0.39, 0.29) is 12.6 Å². The summed E-state index contributed by atoms with van der Waals surface area (Å²) in [7, 11) is 0. The maximum absolute atomic E-state index is 9.12. The number of hydrogen-bond acceptors (Lipinski definition) is 4. The lowest BCUT2D eigenvalue weighted by Crippen LogP contribution is -2.35. The number of rotatable bonds is 6. The Bertz CT molecular complexity index is 358. The predicted molar refractivity (Wildman–Crippen MR) is 70.6 cm³/mol. The van der Waals surface area contributed by atoms with Crippen molar-refractivity contribution in [2.45, 2.75) is 39.7 Å². The topological polar surface area (TPSA) is 49.2 Å². The normalized spacial score (nSPS) is 10.9. The van der Waals surface area contributed by atoms with E-state index in [0.29, 0.717) is 11.7 Å². The van der Waals surface area contributed by atoms with Crippen LogP contribution in [0, 0.1) is 0 Å². The standard InChI is InChI=1S/C12H20ClN3O/c1-4-5-10-11(13)14-8-15-12(10)16(6-7-17)9(2)3/h8-9,17H,4-7H2,1-3H3. The van der Waals surface area contributed by atoms with Crippen LogP contribution in [0.15, 0.2) is 6.33 Å². The monoisotopic (exact) mass is 257 g/mol. The first-order valence-electron chi connectivity index (χ1n) is 5.98. The van der Waals surface area contributed by atoms with E-state index in [4.69, 9.17) is 16.7 Å². The summed E-state index contributed by atoms with van der Waals surface area (Å²) in [4.78, 5) is 10.4. The van der Waals surface area contributed by atoms with Gasteiger partial charge in [0, 0.05) is 18.2 Å². The molecular weight excluding hydrogens is 238 g/mol. The van der Waals surface area contributed by atoms with Crippen LogP contribution in [0.2, 0.25) is 5.15 Å². The Kier molecular flexibility index (Phi) is 5.65. The van der Waals surface area contributed by atoms with E-state index in [9.17, 15) is 0 Å². The molecule has 0 aliphatic heterocycles. The fourth-order valence-corrected chi connectivity index (χ4v) is 2.03. The minimum Gasteiger partial charge on any atom is -0.395 e. The Balaban J connectivity index is 3.12. The highest BCUT2D eigenvalue weighted by molar-refractivity contribution is 6.30. The van der Waals surface area contributed by atoms with Gasteiger partial charge in [-0.1, -0.05) is 24.9 Å². The molecule has 0 aliphatic rings. The van der Waals surface area contributed by atoms with Crippen molar-refractivity contribution in [1.29, 1.82) is 0 Å². The van der Waals surface area contributed by atoms with Crippen molar-refractivity contribution in [3.05, 3.63) is 17.0 Å². The van der Waals surface area contributed by atoms with Gasteiger partial charge in [0.05, 0.1) is 6.61 Å². The molecule has 0 unspecified atom stereocenters. The maximum Gasteiger partial charge on any atom is 0.137 e. The van der Waals surface area contributed by atoms with Gasteiger partial charge in [0.15, 0.2) is 0 Å². The fourth-order valence-electron chi connectivity index (χ4n) is 1.81. The number of nitrogens with zero attached hydrogens (tertiary/aromatic N) is 3. The van der Waals surface area contributed by atoms with Crippen molar-refractivity contribution in [2.75, 3.05) is 18.1 Å². The summed E-state index contributed by atoms with van der Waals surface area (Å²) in [5.74, 6) is 0.843. The van der Waals surface area contributed by atoms with Gasteiger partial charge in [-0.05, 0) is 20.3 Å². The van der Waals surface area contributed by atoms with Crippen LogP contribution < -0.4 is 4.90 Å². The van der Waals surface area contributed by atoms with E-state index in [0.717, 1.165) is 24.2 Å². The van der Waals surface area contributed by atoms with Crippen LogP contribution in [0.3, 0.4) is 0 Å². The van der Waals surface area contributed by atoms with Crippen molar-refractivity contribution in [1.82, 2.24) is 9.97 Å². The molecule has 1 N–H and O–H groups in total. The number of hydrogen-bond donors (Lipinski definition) is 1. The number of aliphatic hydroxyl groups excluding tert-OH is 1. The Morgan fingerprint density at radius 3 is 2.65 bits per heavy atom. The zero-order chi connectivity index (χ0) is 12.8. The minimum absolute atomic E-state index is 0.103. The summed E-state index contributed by atoms with van der Waals surface area (Å²) in [6.45, 7) is 6.90. The van der Waals surface area contributed by atoms with Crippen molar-refractivity contribution < 1.29 is 5.11 Å². The van der Waals surface area contributed by atoms with Crippen LogP contribution >= 0.6 is 11.6 Å². The third-order valence-electron chi connectivity index (χ3n) is 2.61. The summed E-state index contributed by atoms with van der Waals surface area (Å²) in [6, 6.07) is 0.267. The zero-order valence-electron chi connectivity index (χ0n) is 10.6. The Morgan fingerprint density at radius 2 is 2.12 bits per heavy atom. The molecule has 1 rings (SSSR count). The van der Waals surface area contributed by atoms with Gasteiger partial charge >= 0.3 is 0 Å². The minimum atomic E-state index is 0.103. The molecular formula is C12H20ClN3O.